The lowest BCUT2D eigenvalue weighted by molar-refractivity contribution is -0.146. The molecule has 1 saturated heterocycles. The Morgan fingerprint density at radius 3 is 2.29 bits per heavy atom. The highest BCUT2D eigenvalue weighted by Crippen LogP contribution is 2.33. The Balaban J connectivity index is 1.58. The summed E-state index contributed by atoms with van der Waals surface area (Å²) in [6.45, 7) is 8.88. The van der Waals surface area contributed by atoms with Crippen molar-refractivity contribution in [2.75, 3.05) is 19.6 Å². The number of piperazine rings is 1. The molecule has 184 valence electrons. The summed E-state index contributed by atoms with van der Waals surface area (Å²) in [5, 5.41) is 9.88. The predicted octanol–water partition coefficient (Wildman–Crippen LogP) is 6.40. The minimum Gasteiger partial charge on any atom is -0.480 e. The van der Waals surface area contributed by atoms with E-state index in [2.05, 4.69) is 109 Å². The topological polar surface area (TPSA) is 43.8 Å². The van der Waals surface area contributed by atoms with Crippen molar-refractivity contribution in [3.8, 4) is 11.1 Å². The van der Waals surface area contributed by atoms with Gasteiger partial charge in [0.2, 0.25) is 0 Å². The van der Waals surface area contributed by atoms with Gasteiger partial charge in [-0.15, -0.1) is 0 Å². The Hall–Kier alpha value is -2.95. The molecule has 0 radical (unpaired) electrons. The van der Waals surface area contributed by atoms with Gasteiger partial charge in [-0.3, -0.25) is 14.6 Å². The zero-order valence-electron chi connectivity index (χ0n) is 21.2. The predicted molar refractivity (Wildman–Crippen MR) is 144 cm³/mol. The van der Waals surface area contributed by atoms with Crippen LogP contribution in [0.1, 0.15) is 55.8 Å². The van der Waals surface area contributed by atoms with Crippen molar-refractivity contribution < 1.29 is 9.90 Å². The first kappa shape index (κ1) is 25.2. The molecule has 0 aliphatic carbocycles. The maximum absolute atomic E-state index is 12.0. The lowest BCUT2D eigenvalue weighted by atomic mass is 9.93. The zero-order valence-corrected chi connectivity index (χ0v) is 21.2. The van der Waals surface area contributed by atoms with Crippen molar-refractivity contribution in [2.45, 2.75) is 58.2 Å². The molecule has 4 heteroatoms. The van der Waals surface area contributed by atoms with Crippen LogP contribution in [-0.2, 0) is 4.79 Å². The van der Waals surface area contributed by atoms with Crippen LogP contribution in [0.2, 0.25) is 0 Å². The average Bonchev–Trinajstić information content (AvgIpc) is 2.86. The third-order valence-corrected chi connectivity index (χ3v) is 7.29. The Morgan fingerprint density at radius 1 is 0.943 bits per heavy atom. The molecule has 1 fully saturated rings. The molecule has 0 saturated carbocycles. The van der Waals surface area contributed by atoms with Crippen LogP contribution in [0.3, 0.4) is 0 Å². The van der Waals surface area contributed by atoms with E-state index in [0.29, 0.717) is 0 Å². The number of aliphatic carboxylic acids is 1. The highest BCUT2D eigenvalue weighted by Gasteiger charge is 2.35. The summed E-state index contributed by atoms with van der Waals surface area (Å²) >= 11 is 0. The van der Waals surface area contributed by atoms with Crippen molar-refractivity contribution in [3.63, 3.8) is 0 Å². The highest BCUT2D eigenvalue weighted by atomic mass is 16.4. The molecule has 1 aliphatic heterocycles. The quantitative estimate of drug-likeness (QED) is 0.393. The fourth-order valence-corrected chi connectivity index (χ4v) is 5.46. The molecule has 2 unspecified atom stereocenters. The van der Waals surface area contributed by atoms with E-state index in [0.717, 1.165) is 38.9 Å². The van der Waals surface area contributed by atoms with Gasteiger partial charge >= 0.3 is 5.97 Å². The number of hydrogen-bond acceptors (Lipinski definition) is 3. The van der Waals surface area contributed by atoms with E-state index in [-0.39, 0.29) is 12.1 Å². The molecule has 1 heterocycles. The van der Waals surface area contributed by atoms with Gasteiger partial charge in [0, 0.05) is 25.7 Å². The second-order valence-corrected chi connectivity index (χ2v) is 9.88. The number of benzene rings is 3. The van der Waals surface area contributed by atoms with Crippen molar-refractivity contribution in [3.05, 3.63) is 95.6 Å². The van der Waals surface area contributed by atoms with Crippen LogP contribution in [-0.4, -0.2) is 52.6 Å². The van der Waals surface area contributed by atoms with E-state index in [1.54, 1.807) is 0 Å². The zero-order chi connectivity index (χ0) is 24.8. The van der Waals surface area contributed by atoms with Gasteiger partial charge in [-0.25, -0.2) is 0 Å². The number of aryl methyl sites for hydroxylation is 1. The third kappa shape index (κ3) is 6.01. The lowest BCUT2D eigenvalue weighted by Crippen LogP contribution is -2.57. The molecule has 3 atom stereocenters. The fourth-order valence-electron chi connectivity index (χ4n) is 5.46. The van der Waals surface area contributed by atoms with Crippen LogP contribution in [0.25, 0.3) is 11.1 Å². The average molecular weight is 471 g/mol. The highest BCUT2D eigenvalue weighted by molar-refractivity contribution is 5.73. The van der Waals surface area contributed by atoms with Gasteiger partial charge in [0.15, 0.2) is 0 Å². The molecular formula is C31H38N2O2. The van der Waals surface area contributed by atoms with Crippen molar-refractivity contribution in [1.82, 2.24) is 9.80 Å². The number of carboxylic acid groups (broad SMARTS) is 1. The Bertz CT molecular complexity index is 1100. The minimum atomic E-state index is -0.690. The largest absolute Gasteiger partial charge is 0.480 e. The number of hydrogen-bond donors (Lipinski definition) is 1. The first-order valence-corrected chi connectivity index (χ1v) is 12.9. The number of carbonyl (C=O) groups is 1. The molecular weight excluding hydrogens is 432 g/mol. The summed E-state index contributed by atoms with van der Waals surface area (Å²) in [5.74, 6) is -0.690. The molecule has 1 N–H and O–H groups in total. The second-order valence-electron chi connectivity index (χ2n) is 9.88. The van der Waals surface area contributed by atoms with Gasteiger partial charge in [-0.05, 0) is 42.5 Å². The third-order valence-electron chi connectivity index (χ3n) is 7.29. The van der Waals surface area contributed by atoms with Gasteiger partial charge in [-0.1, -0.05) is 104 Å². The summed E-state index contributed by atoms with van der Waals surface area (Å²) < 4.78 is 0. The first-order valence-electron chi connectivity index (χ1n) is 12.9. The normalized spacial score (nSPS) is 18.8. The van der Waals surface area contributed by atoms with E-state index in [1.807, 2.05) is 0 Å². The van der Waals surface area contributed by atoms with Crippen LogP contribution in [0.5, 0.6) is 0 Å². The van der Waals surface area contributed by atoms with Crippen molar-refractivity contribution in [1.29, 1.82) is 0 Å². The van der Waals surface area contributed by atoms with E-state index in [4.69, 9.17) is 0 Å². The van der Waals surface area contributed by atoms with Crippen molar-refractivity contribution in [2.24, 2.45) is 0 Å². The van der Waals surface area contributed by atoms with E-state index in [9.17, 15) is 9.90 Å². The van der Waals surface area contributed by atoms with Gasteiger partial charge in [-0.2, -0.15) is 0 Å². The Labute approximate surface area is 210 Å². The maximum Gasteiger partial charge on any atom is 0.320 e. The summed E-state index contributed by atoms with van der Waals surface area (Å²) in [6, 6.07) is 28.2. The SMILES string of the molecule is CCCCC(C(=O)O)N1CCN(C(c2ccccc2)c2ccc(-c3cccc(C)c3)cc2)C[C@H]1C. The standard InChI is InChI=1S/C31H38N2O2/c1-4-5-14-29(31(34)35)33-20-19-32(22-24(33)3)30(26-11-7-6-8-12-26)27-17-15-25(16-18-27)28-13-9-10-23(2)21-28/h6-13,15-18,21,24,29-30H,4-5,14,19-20,22H2,1-3H3,(H,34,35)/t24-,29?,30?/m1/s1. The molecule has 0 bridgehead atoms. The molecule has 1 aliphatic rings. The molecule has 0 aromatic heterocycles. The number of carboxylic acids is 1. The Morgan fingerprint density at radius 2 is 1.66 bits per heavy atom. The summed E-state index contributed by atoms with van der Waals surface area (Å²) in [5.41, 5.74) is 6.27. The van der Waals surface area contributed by atoms with Gasteiger partial charge in [0.1, 0.15) is 6.04 Å². The number of unbranched alkanes of at least 4 members (excludes halogenated alkanes) is 1. The van der Waals surface area contributed by atoms with Gasteiger partial charge in [0.25, 0.3) is 0 Å². The van der Waals surface area contributed by atoms with Crippen LogP contribution in [0, 0.1) is 6.92 Å². The number of nitrogens with zero attached hydrogens (tertiary/aromatic N) is 2. The molecule has 4 nitrogen and oxygen atoms in total. The molecule has 3 aromatic rings. The van der Waals surface area contributed by atoms with Crippen LogP contribution < -0.4 is 0 Å². The van der Waals surface area contributed by atoms with Crippen LogP contribution in [0.4, 0.5) is 0 Å². The monoisotopic (exact) mass is 470 g/mol. The second kappa shape index (κ2) is 11.7. The van der Waals surface area contributed by atoms with E-state index < -0.39 is 12.0 Å². The molecule has 0 spiro atoms. The lowest BCUT2D eigenvalue weighted by Gasteiger charge is -2.45. The first-order chi connectivity index (χ1) is 17.0. The molecule has 4 rings (SSSR count). The molecule has 0 amide bonds. The van der Waals surface area contributed by atoms with Crippen LogP contribution >= 0.6 is 0 Å². The molecule has 35 heavy (non-hydrogen) atoms. The summed E-state index contributed by atoms with van der Waals surface area (Å²) in [7, 11) is 0. The van der Waals surface area contributed by atoms with E-state index >= 15 is 0 Å². The number of rotatable bonds is 9. The summed E-state index contributed by atoms with van der Waals surface area (Å²) in [4.78, 5) is 16.8. The minimum absolute atomic E-state index is 0.145. The van der Waals surface area contributed by atoms with Crippen LogP contribution in [0.15, 0.2) is 78.9 Å². The fraction of sp³-hybridized carbons (Fsp3) is 0.387. The Kier molecular flexibility index (Phi) is 8.37. The summed E-state index contributed by atoms with van der Waals surface area (Å²) in [6.07, 6.45) is 2.69. The van der Waals surface area contributed by atoms with Gasteiger partial charge in [0.05, 0.1) is 6.04 Å². The van der Waals surface area contributed by atoms with Gasteiger partial charge < -0.3 is 5.11 Å². The van der Waals surface area contributed by atoms with Crippen molar-refractivity contribution >= 4 is 5.97 Å². The maximum atomic E-state index is 12.0. The molecule has 3 aromatic carbocycles. The van der Waals surface area contributed by atoms with E-state index in [1.165, 1.54) is 27.8 Å². The smallest absolute Gasteiger partial charge is 0.320 e.